The lowest BCUT2D eigenvalue weighted by atomic mass is 10.1. The third-order valence-electron chi connectivity index (χ3n) is 3.91. The van der Waals surface area contributed by atoms with Crippen molar-refractivity contribution in [2.45, 2.75) is 19.3 Å². The fraction of sp³-hybridized carbons (Fsp3) is 0.158. The molecule has 3 aromatic rings. The molecular formula is C19H17ClFN3O. The third-order valence-corrected chi connectivity index (χ3v) is 4.24. The molecule has 1 heterocycles. The van der Waals surface area contributed by atoms with Crippen LogP contribution in [0.15, 0.2) is 53.8 Å². The van der Waals surface area contributed by atoms with Crippen LogP contribution in [0.4, 0.5) is 4.39 Å². The molecule has 1 amide bonds. The van der Waals surface area contributed by atoms with Crippen molar-refractivity contribution in [1.82, 2.24) is 10.4 Å². The van der Waals surface area contributed by atoms with Crippen LogP contribution in [0.1, 0.15) is 24.0 Å². The summed E-state index contributed by atoms with van der Waals surface area (Å²) in [6.07, 6.45) is 5.02. The number of carbonyl (C=O) groups excluding carboxylic acids is 1. The first-order valence-electron chi connectivity index (χ1n) is 7.96. The SMILES string of the molecule is O=C(CCCc1c[nH]c2ccccc12)N/N=C/c1c(F)cccc1Cl. The van der Waals surface area contributed by atoms with Crippen molar-refractivity contribution >= 4 is 34.6 Å². The molecule has 0 bridgehead atoms. The van der Waals surface area contributed by atoms with E-state index in [1.54, 1.807) is 6.07 Å². The first kappa shape index (κ1) is 17.2. The summed E-state index contributed by atoms with van der Waals surface area (Å²) in [5, 5.41) is 5.20. The van der Waals surface area contributed by atoms with Gasteiger partial charge in [-0.2, -0.15) is 5.10 Å². The second-order valence-electron chi connectivity index (χ2n) is 5.64. The standard InChI is InChI=1S/C19H17ClFN3O/c20-16-7-4-8-17(21)15(16)12-23-24-19(25)10-3-5-13-11-22-18-9-2-1-6-14(13)18/h1-2,4,6-9,11-12,22H,3,5,10H2,(H,24,25)/b23-12+. The maximum atomic E-state index is 13.6. The summed E-state index contributed by atoms with van der Waals surface area (Å²) in [5.41, 5.74) is 4.83. The number of aryl methyl sites for hydroxylation is 1. The van der Waals surface area contributed by atoms with Gasteiger partial charge in [0.2, 0.25) is 5.91 Å². The molecule has 0 saturated heterocycles. The van der Waals surface area contributed by atoms with Crippen molar-refractivity contribution in [3.05, 3.63) is 70.6 Å². The van der Waals surface area contributed by atoms with Crippen molar-refractivity contribution in [2.75, 3.05) is 0 Å². The lowest BCUT2D eigenvalue weighted by Gasteiger charge is -2.02. The van der Waals surface area contributed by atoms with E-state index in [1.807, 2.05) is 24.4 Å². The van der Waals surface area contributed by atoms with Crippen molar-refractivity contribution in [3.8, 4) is 0 Å². The number of para-hydroxylation sites is 1. The van der Waals surface area contributed by atoms with Crippen LogP contribution in [-0.2, 0) is 11.2 Å². The van der Waals surface area contributed by atoms with Gasteiger partial charge in [0.25, 0.3) is 0 Å². The molecule has 0 saturated carbocycles. The first-order chi connectivity index (χ1) is 12.1. The highest BCUT2D eigenvalue weighted by molar-refractivity contribution is 6.33. The summed E-state index contributed by atoms with van der Waals surface area (Å²) in [6.45, 7) is 0. The second kappa shape index (κ2) is 7.94. The van der Waals surface area contributed by atoms with Crippen LogP contribution >= 0.6 is 11.6 Å². The number of aromatic nitrogens is 1. The van der Waals surface area contributed by atoms with Crippen LogP contribution in [0, 0.1) is 5.82 Å². The van der Waals surface area contributed by atoms with Gasteiger partial charge in [-0.05, 0) is 36.6 Å². The van der Waals surface area contributed by atoms with Crippen molar-refractivity contribution < 1.29 is 9.18 Å². The van der Waals surface area contributed by atoms with Gasteiger partial charge in [-0.1, -0.05) is 35.9 Å². The summed E-state index contributed by atoms with van der Waals surface area (Å²) in [4.78, 5) is 15.1. The van der Waals surface area contributed by atoms with Gasteiger partial charge in [-0.3, -0.25) is 4.79 Å². The van der Waals surface area contributed by atoms with Gasteiger partial charge < -0.3 is 4.98 Å². The Balaban J connectivity index is 1.49. The Bertz CT molecular complexity index is 900. The maximum absolute atomic E-state index is 13.6. The number of H-pyrrole nitrogens is 1. The molecule has 0 unspecified atom stereocenters. The Hall–Kier alpha value is -2.66. The molecule has 3 rings (SSSR count). The van der Waals surface area contributed by atoms with E-state index in [0.717, 1.165) is 11.9 Å². The molecule has 6 heteroatoms. The lowest BCUT2D eigenvalue weighted by Crippen LogP contribution is -2.17. The molecule has 1 aromatic heterocycles. The Morgan fingerprint density at radius 2 is 2.08 bits per heavy atom. The highest BCUT2D eigenvalue weighted by Gasteiger charge is 2.06. The van der Waals surface area contributed by atoms with Crippen LogP contribution < -0.4 is 5.43 Å². The number of hydrazone groups is 1. The van der Waals surface area contributed by atoms with E-state index >= 15 is 0 Å². The van der Waals surface area contributed by atoms with E-state index < -0.39 is 5.82 Å². The molecule has 0 spiro atoms. The Labute approximate surface area is 149 Å². The van der Waals surface area contributed by atoms with Crippen molar-refractivity contribution in [1.29, 1.82) is 0 Å². The minimum atomic E-state index is -0.482. The second-order valence-corrected chi connectivity index (χ2v) is 6.05. The molecule has 0 aliphatic rings. The summed E-state index contributed by atoms with van der Waals surface area (Å²) in [5.74, 6) is -0.701. The fourth-order valence-electron chi connectivity index (χ4n) is 2.64. The van der Waals surface area contributed by atoms with Crippen LogP contribution in [-0.4, -0.2) is 17.1 Å². The minimum Gasteiger partial charge on any atom is -0.361 e. The van der Waals surface area contributed by atoms with E-state index in [1.165, 1.54) is 29.3 Å². The minimum absolute atomic E-state index is 0.156. The molecule has 0 aliphatic heterocycles. The molecular weight excluding hydrogens is 341 g/mol. The van der Waals surface area contributed by atoms with Crippen molar-refractivity contribution in [3.63, 3.8) is 0 Å². The quantitative estimate of drug-likeness (QED) is 0.497. The lowest BCUT2D eigenvalue weighted by molar-refractivity contribution is -0.121. The predicted octanol–water partition coefficient (Wildman–Crippen LogP) is 4.43. The number of nitrogens with zero attached hydrogens (tertiary/aromatic N) is 1. The topological polar surface area (TPSA) is 57.2 Å². The van der Waals surface area contributed by atoms with Gasteiger partial charge in [0.15, 0.2) is 0 Å². The molecule has 25 heavy (non-hydrogen) atoms. The molecule has 128 valence electrons. The van der Waals surface area contributed by atoms with Gasteiger partial charge in [0, 0.05) is 29.1 Å². The molecule has 0 radical (unpaired) electrons. The highest BCUT2D eigenvalue weighted by Crippen LogP contribution is 2.19. The maximum Gasteiger partial charge on any atom is 0.240 e. The van der Waals surface area contributed by atoms with Gasteiger partial charge in [-0.15, -0.1) is 0 Å². The van der Waals surface area contributed by atoms with Gasteiger partial charge in [0.1, 0.15) is 5.82 Å². The first-order valence-corrected chi connectivity index (χ1v) is 8.34. The fourth-order valence-corrected chi connectivity index (χ4v) is 2.85. The molecule has 0 aliphatic carbocycles. The zero-order valence-electron chi connectivity index (χ0n) is 13.4. The van der Waals surface area contributed by atoms with Gasteiger partial charge >= 0.3 is 0 Å². The average molecular weight is 358 g/mol. The van der Waals surface area contributed by atoms with Crippen molar-refractivity contribution in [2.24, 2.45) is 5.10 Å². The molecule has 0 atom stereocenters. The molecule has 2 N–H and O–H groups in total. The van der Waals surface area contributed by atoms with E-state index in [-0.39, 0.29) is 16.5 Å². The third kappa shape index (κ3) is 4.25. The van der Waals surface area contributed by atoms with E-state index in [0.29, 0.717) is 12.8 Å². The Kier molecular flexibility index (Phi) is 5.46. The molecule has 4 nitrogen and oxygen atoms in total. The number of aromatic amines is 1. The Morgan fingerprint density at radius 3 is 2.92 bits per heavy atom. The number of hydrogen-bond acceptors (Lipinski definition) is 2. The summed E-state index contributed by atoms with van der Waals surface area (Å²) < 4.78 is 13.6. The predicted molar refractivity (Wildman–Crippen MR) is 98.4 cm³/mol. The number of benzene rings is 2. The van der Waals surface area contributed by atoms with Gasteiger partial charge in [0.05, 0.1) is 11.2 Å². The number of nitrogens with one attached hydrogen (secondary N) is 2. The summed E-state index contributed by atoms with van der Waals surface area (Å²) in [6, 6.07) is 12.4. The molecule has 2 aromatic carbocycles. The van der Waals surface area contributed by atoms with Crippen LogP contribution in [0.25, 0.3) is 10.9 Å². The van der Waals surface area contributed by atoms with E-state index in [4.69, 9.17) is 11.6 Å². The number of carbonyl (C=O) groups is 1. The number of hydrogen-bond donors (Lipinski definition) is 2. The number of rotatable bonds is 6. The monoisotopic (exact) mass is 357 g/mol. The number of amides is 1. The van der Waals surface area contributed by atoms with E-state index in [9.17, 15) is 9.18 Å². The average Bonchev–Trinajstić information content (AvgIpc) is 3.01. The van der Waals surface area contributed by atoms with Crippen LogP contribution in [0.5, 0.6) is 0 Å². The highest BCUT2D eigenvalue weighted by atomic mass is 35.5. The zero-order chi connectivity index (χ0) is 17.6. The summed E-state index contributed by atoms with van der Waals surface area (Å²) >= 11 is 5.89. The zero-order valence-corrected chi connectivity index (χ0v) is 14.2. The summed E-state index contributed by atoms with van der Waals surface area (Å²) in [7, 11) is 0. The largest absolute Gasteiger partial charge is 0.361 e. The van der Waals surface area contributed by atoms with E-state index in [2.05, 4.69) is 21.6 Å². The number of halogens is 2. The normalized spacial score (nSPS) is 11.3. The molecule has 0 fully saturated rings. The number of fused-ring (bicyclic) bond motifs is 1. The van der Waals surface area contributed by atoms with Gasteiger partial charge in [-0.25, -0.2) is 9.82 Å². The Morgan fingerprint density at radius 1 is 1.24 bits per heavy atom. The van der Waals surface area contributed by atoms with Crippen LogP contribution in [0.2, 0.25) is 5.02 Å². The van der Waals surface area contributed by atoms with Crippen LogP contribution in [0.3, 0.4) is 0 Å². The smallest absolute Gasteiger partial charge is 0.240 e.